The monoisotopic (exact) mass is 333 g/mol. The highest BCUT2D eigenvalue weighted by atomic mass is 79.9. The zero-order chi connectivity index (χ0) is 14.5. The summed E-state index contributed by atoms with van der Waals surface area (Å²) >= 11 is 3.37. The van der Waals surface area contributed by atoms with Crippen LogP contribution in [-0.4, -0.2) is 11.0 Å². The maximum absolute atomic E-state index is 12.0. The van der Waals surface area contributed by atoms with Gasteiger partial charge in [-0.1, -0.05) is 58.4 Å². The van der Waals surface area contributed by atoms with Gasteiger partial charge in [-0.15, -0.1) is 0 Å². The fourth-order valence-corrected chi connectivity index (χ4v) is 2.18. The lowest BCUT2D eigenvalue weighted by Gasteiger charge is -2.17. The number of aliphatic hydroxyl groups is 1. The van der Waals surface area contributed by atoms with Crippen molar-refractivity contribution in [1.82, 2.24) is 5.32 Å². The predicted molar refractivity (Wildman–Crippen MR) is 82.1 cm³/mol. The van der Waals surface area contributed by atoms with Crippen molar-refractivity contribution in [3.8, 4) is 0 Å². The largest absolute Gasteiger partial charge is 0.378 e. The molecule has 0 saturated heterocycles. The van der Waals surface area contributed by atoms with E-state index in [0.717, 1.165) is 10.0 Å². The Labute approximate surface area is 126 Å². The summed E-state index contributed by atoms with van der Waals surface area (Å²) in [4.78, 5) is 12.0. The summed E-state index contributed by atoms with van der Waals surface area (Å²) in [6.07, 6.45) is -1.14. The summed E-state index contributed by atoms with van der Waals surface area (Å²) in [6.45, 7) is 1.89. The number of halogens is 1. The molecule has 0 aliphatic heterocycles. The van der Waals surface area contributed by atoms with Gasteiger partial charge in [-0.05, 0) is 30.2 Å². The van der Waals surface area contributed by atoms with Gasteiger partial charge in [-0.2, -0.15) is 0 Å². The Morgan fingerprint density at radius 1 is 1.05 bits per heavy atom. The van der Waals surface area contributed by atoms with Crippen LogP contribution in [0.4, 0.5) is 0 Å². The van der Waals surface area contributed by atoms with Crippen LogP contribution in [0.1, 0.15) is 30.2 Å². The third-order valence-electron chi connectivity index (χ3n) is 3.09. The standard InChI is InChI=1S/C16H16BrNO2/c1-11(12-7-9-14(17)10-8-12)18-16(20)15(19)13-5-3-2-4-6-13/h2-11,15,19H,1H3,(H,18,20). The summed E-state index contributed by atoms with van der Waals surface area (Å²) in [6, 6.07) is 16.5. The second kappa shape index (κ2) is 6.68. The van der Waals surface area contributed by atoms with Crippen molar-refractivity contribution in [1.29, 1.82) is 0 Å². The number of carbonyl (C=O) groups is 1. The highest BCUT2D eigenvalue weighted by Crippen LogP contribution is 2.18. The van der Waals surface area contributed by atoms with Crippen LogP contribution in [0.15, 0.2) is 59.1 Å². The average Bonchev–Trinajstić information content (AvgIpc) is 2.48. The highest BCUT2D eigenvalue weighted by molar-refractivity contribution is 9.10. The first-order valence-corrected chi connectivity index (χ1v) is 7.16. The second-order valence-corrected chi connectivity index (χ2v) is 5.51. The first-order chi connectivity index (χ1) is 9.58. The first kappa shape index (κ1) is 14.8. The SMILES string of the molecule is CC(NC(=O)C(O)c1ccccc1)c1ccc(Br)cc1. The van der Waals surface area contributed by atoms with E-state index in [4.69, 9.17) is 0 Å². The molecule has 2 atom stereocenters. The minimum Gasteiger partial charge on any atom is -0.378 e. The van der Waals surface area contributed by atoms with Gasteiger partial charge in [0.15, 0.2) is 6.10 Å². The Kier molecular flexibility index (Phi) is 4.93. The number of rotatable bonds is 4. The summed E-state index contributed by atoms with van der Waals surface area (Å²) in [5, 5.41) is 12.8. The smallest absolute Gasteiger partial charge is 0.253 e. The molecule has 0 spiro atoms. The van der Waals surface area contributed by atoms with Crippen molar-refractivity contribution in [2.75, 3.05) is 0 Å². The van der Waals surface area contributed by atoms with Gasteiger partial charge in [0, 0.05) is 4.47 Å². The van der Waals surface area contributed by atoms with Gasteiger partial charge >= 0.3 is 0 Å². The van der Waals surface area contributed by atoms with Crippen molar-refractivity contribution in [2.45, 2.75) is 19.1 Å². The Balaban J connectivity index is 2.02. The van der Waals surface area contributed by atoms with Crippen molar-refractivity contribution in [3.63, 3.8) is 0 Å². The average molecular weight is 334 g/mol. The van der Waals surface area contributed by atoms with E-state index in [1.807, 2.05) is 37.3 Å². The minimum atomic E-state index is -1.14. The van der Waals surface area contributed by atoms with Crippen LogP contribution in [0.5, 0.6) is 0 Å². The molecule has 0 saturated carbocycles. The van der Waals surface area contributed by atoms with Gasteiger partial charge in [-0.3, -0.25) is 4.79 Å². The zero-order valence-electron chi connectivity index (χ0n) is 11.1. The summed E-state index contributed by atoms with van der Waals surface area (Å²) in [5.74, 6) is -0.397. The van der Waals surface area contributed by atoms with E-state index in [-0.39, 0.29) is 6.04 Å². The molecule has 2 rings (SSSR count). The van der Waals surface area contributed by atoms with Crippen LogP contribution in [-0.2, 0) is 4.79 Å². The molecule has 0 aliphatic rings. The topological polar surface area (TPSA) is 49.3 Å². The van der Waals surface area contributed by atoms with Gasteiger partial charge in [-0.25, -0.2) is 0 Å². The van der Waals surface area contributed by atoms with E-state index in [0.29, 0.717) is 5.56 Å². The summed E-state index contributed by atoms with van der Waals surface area (Å²) in [7, 11) is 0. The number of carbonyl (C=O) groups excluding carboxylic acids is 1. The lowest BCUT2D eigenvalue weighted by Crippen LogP contribution is -2.31. The van der Waals surface area contributed by atoms with Crippen LogP contribution in [0.25, 0.3) is 0 Å². The molecule has 104 valence electrons. The zero-order valence-corrected chi connectivity index (χ0v) is 12.7. The third kappa shape index (κ3) is 3.68. The molecule has 0 heterocycles. The molecular formula is C16H16BrNO2. The number of amides is 1. The van der Waals surface area contributed by atoms with Crippen LogP contribution in [0, 0.1) is 0 Å². The van der Waals surface area contributed by atoms with Crippen LogP contribution < -0.4 is 5.32 Å². The Morgan fingerprint density at radius 3 is 2.25 bits per heavy atom. The molecule has 2 unspecified atom stereocenters. The fourth-order valence-electron chi connectivity index (χ4n) is 1.91. The highest BCUT2D eigenvalue weighted by Gasteiger charge is 2.19. The molecule has 0 aliphatic carbocycles. The predicted octanol–water partition coefficient (Wildman–Crippen LogP) is 3.36. The molecule has 2 aromatic rings. The number of aliphatic hydroxyl groups excluding tert-OH is 1. The van der Waals surface area contributed by atoms with E-state index in [1.54, 1.807) is 24.3 Å². The summed E-state index contributed by atoms with van der Waals surface area (Å²) < 4.78 is 0.990. The number of benzene rings is 2. The normalized spacial score (nSPS) is 13.6. The molecule has 0 bridgehead atoms. The molecule has 3 nitrogen and oxygen atoms in total. The van der Waals surface area contributed by atoms with Gasteiger partial charge in [0.25, 0.3) is 5.91 Å². The lowest BCUT2D eigenvalue weighted by atomic mass is 10.1. The molecule has 2 aromatic carbocycles. The van der Waals surface area contributed by atoms with Crippen LogP contribution in [0.3, 0.4) is 0 Å². The van der Waals surface area contributed by atoms with Gasteiger partial charge < -0.3 is 10.4 Å². The number of nitrogens with one attached hydrogen (secondary N) is 1. The van der Waals surface area contributed by atoms with E-state index in [9.17, 15) is 9.90 Å². The Morgan fingerprint density at radius 2 is 1.65 bits per heavy atom. The molecule has 0 radical (unpaired) electrons. The van der Waals surface area contributed by atoms with E-state index < -0.39 is 12.0 Å². The van der Waals surface area contributed by atoms with Gasteiger partial charge in [0.2, 0.25) is 0 Å². The molecule has 0 aromatic heterocycles. The van der Waals surface area contributed by atoms with Crippen LogP contribution >= 0.6 is 15.9 Å². The maximum atomic E-state index is 12.0. The minimum absolute atomic E-state index is 0.158. The van der Waals surface area contributed by atoms with Crippen molar-refractivity contribution < 1.29 is 9.90 Å². The van der Waals surface area contributed by atoms with E-state index in [2.05, 4.69) is 21.2 Å². The Hall–Kier alpha value is -1.65. The van der Waals surface area contributed by atoms with Crippen LogP contribution in [0.2, 0.25) is 0 Å². The van der Waals surface area contributed by atoms with Gasteiger partial charge in [0.05, 0.1) is 6.04 Å². The van der Waals surface area contributed by atoms with Crippen molar-refractivity contribution >= 4 is 21.8 Å². The first-order valence-electron chi connectivity index (χ1n) is 6.37. The summed E-state index contributed by atoms with van der Waals surface area (Å²) in [5.41, 5.74) is 1.58. The molecule has 2 N–H and O–H groups in total. The quantitative estimate of drug-likeness (QED) is 0.901. The number of hydrogen-bond acceptors (Lipinski definition) is 2. The second-order valence-electron chi connectivity index (χ2n) is 4.60. The third-order valence-corrected chi connectivity index (χ3v) is 3.62. The molecule has 4 heteroatoms. The van der Waals surface area contributed by atoms with E-state index >= 15 is 0 Å². The fraction of sp³-hybridized carbons (Fsp3) is 0.188. The van der Waals surface area contributed by atoms with Crippen molar-refractivity contribution in [3.05, 3.63) is 70.2 Å². The van der Waals surface area contributed by atoms with E-state index in [1.165, 1.54) is 0 Å². The molecular weight excluding hydrogens is 318 g/mol. The molecule has 0 fully saturated rings. The van der Waals surface area contributed by atoms with Crippen molar-refractivity contribution in [2.24, 2.45) is 0 Å². The maximum Gasteiger partial charge on any atom is 0.253 e. The lowest BCUT2D eigenvalue weighted by molar-refractivity contribution is -0.130. The van der Waals surface area contributed by atoms with Gasteiger partial charge in [0.1, 0.15) is 0 Å². The Bertz CT molecular complexity index is 569. The molecule has 1 amide bonds. The molecule has 20 heavy (non-hydrogen) atoms. The number of hydrogen-bond donors (Lipinski definition) is 2.